The largest absolute Gasteiger partial charge is 0.371 e. The van der Waals surface area contributed by atoms with Gasteiger partial charge in [-0.15, -0.1) is 0 Å². The number of ether oxygens (including phenoxy) is 1. The number of carbonyl (C=O) groups excluding carboxylic acids is 1. The zero-order chi connectivity index (χ0) is 25.9. The molecular formula is C27H38BN6O2Si. The standard InChI is InChI=1S/C27H38BN6O2Si/c1-37(2,3)14-13-36-21-33-17-23(22-15-29-20-30-16-22)25-24(5-9-31-26(25)33)32-11-7-27(8-12-32)6-4-10-34(18-27)28-19-35/h5,9,15-17,19-20H,4,6-8,10-14,18,21H2,1-3H3. The Morgan fingerprint density at radius 1 is 1.14 bits per heavy atom. The van der Waals surface area contributed by atoms with Crippen LogP contribution in [0, 0.1) is 5.41 Å². The monoisotopic (exact) mass is 517 g/mol. The Bertz CT molecular complexity index is 1210. The van der Waals surface area contributed by atoms with Gasteiger partial charge in [-0.25, -0.2) is 15.0 Å². The number of fused-ring (bicyclic) bond motifs is 1. The molecule has 5 heterocycles. The van der Waals surface area contributed by atoms with Crippen molar-refractivity contribution in [1.29, 1.82) is 0 Å². The fraction of sp³-hybridized carbons (Fsp3) is 0.556. The Labute approximate surface area is 221 Å². The van der Waals surface area contributed by atoms with Crippen LogP contribution in [0.1, 0.15) is 25.7 Å². The fourth-order valence-corrected chi connectivity index (χ4v) is 6.61. The van der Waals surface area contributed by atoms with Crippen molar-refractivity contribution in [2.24, 2.45) is 5.41 Å². The summed E-state index contributed by atoms with van der Waals surface area (Å²) in [6.45, 7) is 12.3. The average Bonchev–Trinajstić information content (AvgIpc) is 3.26. The number of rotatable bonds is 9. The Balaban J connectivity index is 1.41. The maximum absolute atomic E-state index is 11.1. The van der Waals surface area contributed by atoms with E-state index in [1.165, 1.54) is 12.1 Å². The number of hydrogen-bond donors (Lipinski definition) is 0. The second kappa shape index (κ2) is 11.0. The van der Waals surface area contributed by atoms with Gasteiger partial charge in [0.15, 0.2) is 0 Å². The predicted octanol–water partition coefficient (Wildman–Crippen LogP) is 4.30. The van der Waals surface area contributed by atoms with Crippen LogP contribution in [0.25, 0.3) is 22.2 Å². The molecule has 5 rings (SSSR count). The highest BCUT2D eigenvalue weighted by Crippen LogP contribution is 2.43. The van der Waals surface area contributed by atoms with Crippen molar-refractivity contribution in [2.45, 2.75) is 58.1 Å². The number of nitrogens with zero attached hydrogens (tertiary/aromatic N) is 6. The highest BCUT2D eigenvalue weighted by molar-refractivity contribution is 6.76. The first-order valence-electron chi connectivity index (χ1n) is 13.5. The maximum atomic E-state index is 11.1. The molecule has 2 aliphatic heterocycles. The first-order valence-corrected chi connectivity index (χ1v) is 17.2. The summed E-state index contributed by atoms with van der Waals surface area (Å²) in [5.74, 6) is 0. The Kier molecular flexibility index (Phi) is 7.78. The molecule has 0 bridgehead atoms. The van der Waals surface area contributed by atoms with Crippen molar-refractivity contribution in [3.63, 3.8) is 0 Å². The normalized spacial score (nSPS) is 18.4. The lowest BCUT2D eigenvalue weighted by atomic mass is 9.70. The zero-order valence-electron chi connectivity index (χ0n) is 22.4. The van der Waals surface area contributed by atoms with E-state index in [1.54, 1.807) is 13.7 Å². The van der Waals surface area contributed by atoms with Gasteiger partial charge in [0, 0.05) is 69.4 Å². The van der Waals surface area contributed by atoms with Gasteiger partial charge in [0.25, 0.3) is 7.41 Å². The lowest BCUT2D eigenvalue weighted by molar-refractivity contribution is 0.0899. The first kappa shape index (κ1) is 26.1. The van der Waals surface area contributed by atoms with Crippen molar-refractivity contribution in [2.75, 3.05) is 37.7 Å². The van der Waals surface area contributed by atoms with Crippen LogP contribution in [0.2, 0.25) is 25.7 Å². The molecule has 0 amide bonds. The molecule has 3 aromatic heterocycles. The molecule has 195 valence electrons. The van der Waals surface area contributed by atoms with E-state index >= 15 is 0 Å². The van der Waals surface area contributed by atoms with Crippen LogP contribution >= 0.6 is 0 Å². The van der Waals surface area contributed by atoms with E-state index < -0.39 is 8.07 Å². The molecule has 0 N–H and O–H groups in total. The Morgan fingerprint density at radius 3 is 2.65 bits per heavy atom. The van der Waals surface area contributed by atoms with E-state index in [4.69, 9.17) is 9.72 Å². The molecule has 3 aromatic rings. The van der Waals surface area contributed by atoms with Gasteiger partial charge >= 0.3 is 0 Å². The molecule has 0 aromatic carbocycles. The van der Waals surface area contributed by atoms with Gasteiger partial charge in [-0.05, 0) is 56.3 Å². The molecule has 2 saturated heterocycles. The molecule has 2 aliphatic rings. The van der Waals surface area contributed by atoms with Crippen LogP contribution in [-0.4, -0.2) is 78.8 Å². The molecule has 0 atom stereocenters. The summed E-state index contributed by atoms with van der Waals surface area (Å²) < 4.78 is 8.25. The van der Waals surface area contributed by atoms with Gasteiger partial charge in [0.1, 0.15) is 18.7 Å². The van der Waals surface area contributed by atoms with Gasteiger partial charge in [0.2, 0.25) is 0 Å². The van der Waals surface area contributed by atoms with Crippen molar-refractivity contribution < 1.29 is 9.53 Å². The van der Waals surface area contributed by atoms with E-state index in [2.05, 4.69) is 56.2 Å². The molecule has 2 fully saturated rings. The first-order chi connectivity index (χ1) is 17.9. The third-order valence-electron chi connectivity index (χ3n) is 7.96. The summed E-state index contributed by atoms with van der Waals surface area (Å²) in [7, 11) is 0.575. The number of anilines is 1. The summed E-state index contributed by atoms with van der Waals surface area (Å²) in [5.41, 5.74) is 4.54. The topological polar surface area (TPSA) is 76.4 Å². The van der Waals surface area contributed by atoms with Crippen molar-refractivity contribution in [1.82, 2.24) is 24.3 Å². The molecule has 0 unspecified atom stereocenters. The SMILES string of the molecule is C[Si](C)(C)CCOCn1cc(-c2cncnc2)c2c(N3CCC4(CCCN([B]C=O)C4)CC3)ccnc21. The van der Waals surface area contributed by atoms with Gasteiger partial charge in [-0.3, -0.25) is 0 Å². The van der Waals surface area contributed by atoms with Crippen LogP contribution in [0.5, 0.6) is 0 Å². The summed E-state index contributed by atoms with van der Waals surface area (Å²) in [5, 5.41) is 1.14. The molecular weight excluding hydrogens is 479 g/mol. The third kappa shape index (κ3) is 5.97. The minimum atomic E-state index is -1.15. The quantitative estimate of drug-likeness (QED) is 0.238. The Hall–Kier alpha value is -2.56. The lowest BCUT2D eigenvalue weighted by Gasteiger charge is -2.48. The van der Waals surface area contributed by atoms with E-state index in [1.807, 2.05) is 18.6 Å². The van der Waals surface area contributed by atoms with Crippen LogP contribution in [0.4, 0.5) is 5.69 Å². The fourth-order valence-electron chi connectivity index (χ4n) is 5.85. The number of piperidine rings is 2. The van der Waals surface area contributed by atoms with Gasteiger partial charge in [0.05, 0.1) is 11.6 Å². The highest BCUT2D eigenvalue weighted by Gasteiger charge is 2.38. The lowest BCUT2D eigenvalue weighted by Crippen LogP contribution is -2.50. The minimum Gasteiger partial charge on any atom is -0.371 e. The van der Waals surface area contributed by atoms with E-state index in [9.17, 15) is 4.79 Å². The van der Waals surface area contributed by atoms with Crippen LogP contribution in [0.3, 0.4) is 0 Å². The average molecular weight is 518 g/mol. The molecule has 10 heteroatoms. The molecule has 1 radical (unpaired) electrons. The summed E-state index contributed by atoms with van der Waals surface area (Å²) in [4.78, 5) is 29.2. The zero-order valence-corrected chi connectivity index (χ0v) is 23.4. The predicted molar refractivity (Wildman–Crippen MR) is 152 cm³/mol. The van der Waals surface area contributed by atoms with E-state index in [-0.39, 0.29) is 0 Å². The van der Waals surface area contributed by atoms with Crippen molar-refractivity contribution in [3.8, 4) is 11.1 Å². The number of hydrogen-bond acceptors (Lipinski definition) is 7. The number of aromatic nitrogens is 4. The summed E-state index contributed by atoms with van der Waals surface area (Å²) in [6.07, 6.45) is 15.0. The van der Waals surface area contributed by atoms with E-state index in [0.29, 0.717) is 12.1 Å². The maximum Gasteiger partial charge on any atom is 0.293 e. The smallest absolute Gasteiger partial charge is 0.293 e. The molecule has 0 saturated carbocycles. The summed E-state index contributed by atoms with van der Waals surface area (Å²) >= 11 is 0. The van der Waals surface area contributed by atoms with Crippen molar-refractivity contribution in [3.05, 3.63) is 37.2 Å². The second-order valence-electron chi connectivity index (χ2n) is 11.9. The van der Waals surface area contributed by atoms with Gasteiger partial charge < -0.3 is 23.8 Å². The summed E-state index contributed by atoms with van der Waals surface area (Å²) in [6, 6.07) is 3.29. The molecule has 0 aliphatic carbocycles. The van der Waals surface area contributed by atoms with E-state index in [0.717, 1.165) is 86.4 Å². The van der Waals surface area contributed by atoms with Gasteiger partial charge in [-0.1, -0.05) is 19.6 Å². The van der Waals surface area contributed by atoms with Crippen LogP contribution < -0.4 is 4.90 Å². The number of carbonyl (C=O) groups is 1. The Morgan fingerprint density at radius 2 is 1.92 bits per heavy atom. The molecule has 8 nitrogen and oxygen atoms in total. The number of pyridine rings is 1. The van der Waals surface area contributed by atoms with Gasteiger partial charge in [-0.2, -0.15) is 0 Å². The van der Waals surface area contributed by atoms with Crippen molar-refractivity contribution >= 4 is 38.4 Å². The molecule has 37 heavy (non-hydrogen) atoms. The van der Waals surface area contributed by atoms with Crippen LogP contribution in [-0.2, 0) is 16.3 Å². The molecule has 1 spiro atoms. The minimum absolute atomic E-state index is 0.298. The highest BCUT2D eigenvalue weighted by atomic mass is 28.3. The van der Waals surface area contributed by atoms with Crippen LogP contribution in [0.15, 0.2) is 37.2 Å². The second-order valence-corrected chi connectivity index (χ2v) is 17.5. The third-order valence-corrected chi connectivity index (χ3v) is 9.67.